The zero-order valence-electron chi connectivity index (χ0n) is 30.6. The third-order valence-corrected chi connectivity index (χ3v) is 13.6. The van der Waals surface area contributed by atoms with Crippen LogP contribution >= 0.6 is 0 Å². The van der Waals surface area contributed by atoms with Crippen LogP contribution in [0.3, 0.4) is 0 Å². The molecule has 7 heteroatoms. The Morgan fingerprint density at radius 3 is 1.47 bits per heavy atom. The molecular formula is C48H41ClO4Se2. The number of rotatable bonds is 8. The molecule has 0 N–H and O–H groups in total. The van der Waals surface area contributed by atoms with Gasteiger partial charge in [-0.25, -0.2) is 18.6 Å². The molecule has 0 radical (unpaired) electrons. The molecule has 276 valence electrons. The topological polar surface area (TPSA) is 92.2 Å². The van der Waals surface area contributed by atoms with Gasteiger partial charge >= 0.3 is 312 Å². The Balaban J connectivity index is 0.000000967. The summed E-state index contributed by atoms with van der Waals surface area (Å²) < 4.78 is 39.6. The molecule has 1 aromatic heterocycles. The third-order valence-electron chi connectivity index (χ3n) is 8.80. The summed E-state index contributed by atoms with van der Waals surface area (Å²) >= 11 is 0.503. The first-order chi connectivity index (χ1) is 26.5. The van der Waals surface area contributed by atoms with Crippen molar-refractivity contribution >= 4 is 44.5 Å². The van der Waals surface area contributed by atoms with Gasteiger partial charge in [-0.05, 0) is 0 Å². The molecule has 0 atom stereocenters. The Bertz CT molecular complexity index is 2160. The Hall–Kier alpha value is -4.42. The summed E-state index contributed by atoms with van der Waals surface area (Å²) in [4.78, 5) is 0. The van der Waals surface area contributed by atoms with E-state index in [9.17, 15) is 0 Å². The van der Waals surface area contributed by atoms with E-state index in [0.29, 0.717) is 0 Å². The Morgan fingerprint density at radius 2 is 1.00 bits per heavy atom. The van der Waals surface area contributed by atoms with Crippen LogP contribution in [0.5, 0.6) is 0 Å². The summed E-state index contributed by atoms with van der Waals surface area (Å²) in [6.45, 7) is 4.77. The van der Waals surface area contributed by atoms with Gasteiger partial charge in [0.1, 0.15) is 0 Å². The normalized spacial score (nSPS) is 16.3. The number of benzene rings is 4. The monoisotopic (exact) mass is 876 g/mol. The van der Waals surface area contributed by atoms with Crippen LogP contribution in [-0.2, 0) is 0 Å². The van der Waals surface area contributed by atoms with Gasteiger partial charge in [-0.3, -0.25) is 0 Å². The molecule has 5 aromatic rings. The van der Waals surface area contributed by atoms with E-state index >= 15 is 0 Å². The molecule has 2 heterocycles. The zero-order valence-corrected chi connectivity index (χ0v) is 34.8. The number of hydrogen-bond acceptors (Lipinski definition) is 4. The minimum Gasteiger partial charge on any atom is -0.222 e. The molecule has 1 aliphatic heterocycles. The van der Waals surface area contributed by atoms with Crippen LogP contribution in [0.2, 0.25) is 0 Å². The molecule has 0 fully saturated rings. The fourth-order valence-corrected chi connectivity index (χ4v) is 11.3. The maximum absolute atomic E-state index is 8.49. The summed E-state index contributed by atoms with van der Waals surface area (Å²) in [5.74, 6) is 0. The van der Waals surface area contributed by atoms with Crippen molar-refractivity contribution in [1.29, 1.82) is 0 Å². The molecule has 0 bridgehead atoms. The predicted molar refractivity (Wildman–Crippen MR) is 219 cm³/mol. The molecular weight excluding hydrogens is 834 g/mol. The average Bonchev–Trinajstić information content (AvgIpc) is 3.18. The standard InChI is InChI=1S/C48H41Se2.ClHO4/c1-48(2)34-38(19-15-17-36-30-44(40-21-7-3-8-22-40)49-45(31-36)41-23-9-4-10-24-41)29-39(35-48)20-16-18-37-32-46(42-25-11-5-12-26-42)50-47(33-37)43-27-13-6-14-28-43;2-1(3,4)5/h3-33H,34-35H2,1-2H3;(H,2,3,4,5)/q+1;/p-1. The van der Waals surface area contributed by atoms with E-state index in [1.807, 2.05) is 0 Å². The van der Waals surface area contributed by atoms with E-state index in [4.69, 9.17) is 18.6 Å². The summed E-state index contributed by atoms with van der Waals surface area (Å²) in [7, 11) is -4.94. The molecule has 0 saturated heterocycles. The van der Waals surface area contributed by atoms with Gasteiger partial charge in [0, 0.05) is 0 Å². The van der Waals surface area contributed by atoms with Crippen molar-refractivity contribution in [2.45, 2.75) is 26.7 Å². The van der Waals surface area contributed by atoms with Gasteiger partial charge in [0.25, 0.3) is 0 Å². The number of allylic oxidation sites excluding steroid dienone is 11. The second kappa shape index (κ2) is 18.9. The van der Waals surface area contributed by atoms with E-state index in [2.05, 4.69) is 202 Å². The molecule has 7 rings (SSSR count). The second-order valence-electron chi connectivity index (χ2n) is 13.9. The van der Waals surface area contributed by atoms with Gasteiger partial charge in [-0.15, -0.1) is 10.2 Å². The summed E-state index contributed by atoms with van der Waals surface area (Å²) in [6.07, 6.45) is 23.0. The van der Waals surface area contributed by atoms with Gasteiger partial charge in [0.05, 0.1) is 0 Å². The van der Waals surface area contributed by atoms with Crippen LogP contribution < -0.4 is 18.6 Å². The maximum atomic E-state index is 8.49. The molecule has 0 spiro atoms. The van der Waals surface area contributed by atoms with Gasteiger partial charge < -0.3 is 0 Å². The molecule has 1 aliphatic carbocycles. The van der Waals surface area contributed by atoms with E-state index in [-0.39, 0.29) is 34.9 Å². The van der Waals surface area contributed by atoms with Crippen molar-refractivity contribution in [2.24, 2.45) is 5.41 Å². The van der Waals surface area contributed by atoms with Crippen molar-refractivity contribution < 1.29 is 28.9 Å². The Morgan fingerprint density at radius 1 is 0.564 bits per heavy atom. The molecule has 55 heavy (non-hydrogen) atoms. The van der Waals surface area contributed by atoms with Gasteiger partial charge in [-0.1, -0.05) is 0 Å². The van der Waals surface area contributed by atoms with Crippen LogP contribution in [0.25, 0.3) is 35.0 Å². The molecule has 4 nitrogen and oxygen atoms in total. The fraction of sp³-hybridized carbons (Fsp3) is 0.104. The van der Waals surface area contributed by atoms with Gasteiger partial charge in [0.2, 0.25) is 0 Å². The van der Waals surface area contributed by atoms with Crippen molar-refractivity contribution in [1.82, 2.24) is 0 Å². The summed E-state index contributed by atoms with van der Waals surface area (Å²) in [5, 5.41) is 0. The van der Waals surface area contributed by atoms with Crippen LogP contribution in [-0.4, -0.2) is 29.5 Å². The minimum atomic E-state index is -4.94. The molecule has 0 saturated carbocycles. The smallest absolute Gasteiger partial charge is 0.112 e. The van der Waals surface area contributed by atoms with Crippen molar-refractivity contribution in [3.05, 3.63) is 215 Å². The van der Waals surface area contributed by atoms with Crippen LogP contribution in [0, 0.1) is 15.7 Å². The van der Waals surface area contributed by atoms with E-state index in [1.54, 1.807) is 0 Å². The first kappa shape index (κ1) is 40.2. The largest absolute Gasteiger partial charge is 0.222 e. The predicted octanol–water partition coefficient (Wildman–Crippen LogP) is 7.57. The van der Waals surface area contributed by atoms with E-state index < -0.39 is 10.2 Å². The first-order valence-electron chi connectivity index (χ1n) is 17.9. The fourth-order valence-electron chi connectivity index (χ4n) is 6.50. The molecule has 4 aromatic carbocycles. The Labute approximate surface area is 338 Å². The van der Waals surface area contributed by atoms with E-state index in [0.717, 1.165) is 12.8 Å². The number of hydrogen-bond donors (Lipinski definition) is 0. The molecule has 2 aliphatic rings. The number of halogens is 1. The maximum Gasteiger partial charge on any atom is -0.112 e. The average molecular weight is 875 g/mol. The van der Waals surface area contributed by atoms with Crippen molar-refractivity contribution in [3.8, 4) is 20.0 Å². The van der Waals surface area contributed by atoms with E-state index in [1.165, 1.54) is 62.4 Å². The zero-order chi connectivity index (χ0) is 38.7. The van der Waals surface area contributed by atoms with Crippen molar-refractivity contribution in [3.63, 3.8) is 0 Å². The SMILES string of the molecule is CC1(C)CC(/C=C/C=C2C=C(c3ccccc3)[Se]C(c3ccccc3)=C2)=CC(=C/C=C/c2cc(-c3ccccc3)[se+]c(-c3ccccc3)c2)/C1.[O-][Cl+3]([O-])([O-])[O-]. The van der Waals surface area contributed by atoms with Crippen LogP contribution in [0.15, 0.2) is 199 Å². The van der Waals surface area contributed by atoms with Gasteiger partial charge in [0.15, 0.2) is 0 Å². The summed E-state index contributed by atoms with van der Waals surface area (Å²) in [6, 6.07) is 48.1. The van der Waals surface area contributed by atoms with Crippen LogP contribution in [0.4, 0.5) is 0 Å². The Kier molecular flexibility index (Phi) is 13.9. The van der Waals surface area contributed by atoms with Crippen molar-refractivity contribution in [2.75, 3.05) is 0 Å². The second-order valence-corrected chi connectivity index (χ2v) is 19.2. The first-order valence-corrected chi connectivity index (χ1v) is 22.5. The van der Waals surface area contributed by atoms with Gasteiger partial charge in [-0.2, -0.15) is 0 Å². The summed E-state index contributed by atoms with van der Waals surface area (Å²) in [5.41, 5.74) is 10.7. The molecule has 0 unspecified atom stereocenters. The molecule has 0 amide bonds. The third kappa shape index (κ3) is 12.8. The van der Waals surface area contributed by atoms with Crippen LogP contribution in [0.1, 0.15) is 43.4 Å². The minimum absolute atomic E-state index is 0.205. The quantitative estimate of drug-likeness (QED) is 0.151.